The SMILES string of the molecule is Cc1cc2c([nH]1)/C=C1\C(=O)Nc3ccc(cc31)COCCOCCN(C)C2=O. The van der Waals surface area contributed by atoms with Gasteiger partial charge in [-0.25, -0.2) is 0 Å². The van der Waals surface area contributed by atoms with Crippen LogP contribution in [0.15, 0.2) is 24.3 Å². The standard InChI is InChI=1S/C21H23N3O4/c1-13-9-17-19(22-13)11-16-15-10-14(3-4-18(15)23-20(16)25)12-28-8-7-27-6-5-24(2)21(17)26/h3-4,9-11,22H,5-8,12H2,1-2H3,(H,23,25)/b16-11-. The van der Waals surface area contributed by atoms with E-state index in [0.29, 0.717) is 49.8 Å². The first-order valence-electron chi connectivity index (χ1n) is 9.30. The second-order valence-corrected chi connectivity index (χ2v) is 7.06. The molecule has 0 spiro atoms. The first-order valence-corrected chi connectivity index (χ1v) is 9.30. The van der Waals surface area contributed by atoms with Gasteiger partial charge in [0.2, 0.25) is 0 Å². The lowest BCUT2D eigenvalue weighted by Gasteiger charge is -2.17. The van der Waals surface area contributed by atoms with Crippen LogP contribution in [-0.4, -0.2) is 55.1 Å². The summed E-state index contributed by atoms with van der Waals surface area (Å²) in [4.78, 5) is 30.3. The molecule has 0 saturated heterocycles. The number of likely N-dealkylation sites (N-methyl/N-ethyl adjacent to an activating group) is 1. The maximum atomic E-state index is 12.9. The van der Waals surface area contributed by atoms with Crippen LogP contribution in [-0.2, 0) is 20.9 Å². The van der Waals surface area contributed by atoms with E-state index in [1.807, 2.05) is 31.2 Å². The van der Waals surface area contributed by atoms with Gasteiger partial charge in [0.1, 0.15) is 0 Å². The highest BCUT2D eigenvalue weighted by molar-refractivity contribution is 6.35. The Balaban J connectivity index is 1.79. The maximum absolute atomic E-state index is 12.9. The first kappa shape index (κ1) is 18.5. The molecule has 2 bridgehead atoms. The molecule has 2 aliphatic heterocycles. The van der Waals surface area contributed by atoms with E-state index in [2.05, 4.69) is 10.3 Å². The van der Waals surface area contributed by atoms with Gasteiger partial charge in [-0.3, -0.25) is 9.59 Å². The molecule has 4 rings (SSSR count). The van der Waals surface area contributed by atoms with Crippen molar-refractivity contribution in [1.82, 2.24) is 9.88 Å². The van der Waals surface area contributed by atoms with Crippen molar-refractivity contribution < 1.29 is 19.1 Å². The Labute approximate surface area is 163 Å². The van der Waals surface area contributed by atoms with Crippen LogP contribution in [0.4, 0.5) is 5.69 Å². The van der Waals surface area contributed by atoms with Gasteiger partial charge in [0, 0.05) is 30.5 Å². The molecule has 28 heavy (non-hydrogen) atoms. The van der Waals surface area contributed by atoms with Crippen LogP contribution >= 0.6 is 0 Å². The van der Waals surface area contributed by atoms with Crippen LogP contribution in [0.5, 0.6) is 0 Å². The molecule has 2 amide bonds. The molecule has 0 fully saturated rings. The Hall–Kier alpha value is -2.90. The number of aromatic nitrogens is 1. The predicted molar refractivity (Wildman–Crippen MR) is 106 cm³/mol. The van der Waals surface area contributed by atoms with Gasteiger partial charge in [-0.1, -0.05) is 6.07 Å². The van der Waals surface area contributed by atoms with E-state index < -0.39 is 0 Å². The van der Waals surface area contributed by atoms with E-state index in [4.69, 9.17) is 9.47 Å². The summed E-state index contributed by atoms with van der Waals surface area (Å²) in [5.74, 6) is -0.294. The number of carbonyl (C=O) groups excluding carboxylic acids is 2. The van der Waals surface area contributed by atoms with Gasteiger partial charge < -0.3 is 24.7 Å². The molecule has 0 atom stereocenters. The molecule has 0 radical (unpaired) electrons. The Bertz CT molecular complexity index is 961. The quantitative estimate of drug-likeness (QED) is 0.734. The zero-order chi connectivity index (χ0) is 19.7. The largest absolute Gasteiger partial charge is 0.377 e. The number of amides is 2. The summed E-state index contributed by atoms with van der Waals surface area (Å²) in [6.45, 7) is 4.18. The van der Waals surface area contributed by atoms with Crippen molar-refractivity contribution in [2.45, 2.75) is 13.5 Å². The maximum Gasteiger partial charge on any atom is 0.256 e. The van der Waals surface area contributed by atoms with Crippen molar-refractivity contribution in [3.63, 3.8) is 0 Å². The van der Waals surface area contributed by atoms with Gasteiger partial charge in [0.15, 0.2) is 0 Å². The molecule has 1 aromatic carbocycles. The summed E-state index contributed by atoms with van der Waals surface area (Å²) < 4.78 is 11.2. The molecule has 7 heteroatoms. The molecule has 146 valence electrons. The van der Waals surface area contributed by atoms with Gasteiger partial charge in [-0.05, 0) is 36.8 Å². The van der Waals surface area contributed by atoms with E-state index >= 15 is 0 Å². The summed E-state index contributed by atoms with van der Waals surface area (Å²) in [6.07, 6.45) is 1.75. The summed E-state index contributed by atoms with van der Waals surface area (Å²) in [7, 11) is 1.74. The molecule has 0 unspecified atom stereocenters. The first-order chi connectivity index (χ1) is 13.5. The summed E-state index contributed by atoms with van der Waals surface area (Å²) in [6, 6.07) is 7.59. The van der Waals surface area contributed by atoms with Crippen molar-refractivity contribution in [3.8, 4) is 0 Å². The minimum Gasteiger partial charge on any atom is -0.377 e. The summed E-state index contributed by atoms with van der Waals surface area (Å²) in [5.41, 5.74) is 5.12. The molecule has 2 N–H and O–H groups in total. The van der Waals surface area contributed by atoms with E-state index in [9.17, 15) is 9.59 Å². The number of rotatable bonds is 0. The molecule has 2 aromatic rings. The number of nitrogens with one attached hydrogen (secondary N) is 2. The summed E-state index contributed by atoms with van der Waals surface area (Å²) >= 11 is 0. The Kier molecular flexibility index (Phi) is 5.02. The van der Waals surface area contributed by atoms with E-state index in [1.54, 1.807) is 18.0 Å². The number of nitrogens with zero attached hydrogens (tertiary/aromatic N) is 1. The molecule has 3 heterocycles. The van der Waals surface area contributed by atoms with Gasteiger partial charge in [0.25, 0.3) is 11.8 Å². The van der Waals surface area contributed by atoms with Crippen LogP contribution in [0.25, 0.3) is 11.6 Å². The molecule has 0 aliphatic carbocycles. The Morgan fingerprint density at radius 2 is 1.86 bits per heavy atom. The number of hydrogen-bond donors (Lipinski definition) is 2. The highest BCUT2D eigenvalue weighted by Crippen LogP contribution is 2.34. The minimum atomic E-state index is -0.179. The van der Waals surface area contributed by atoms with Crippen molar-refractivity contribution in [2.24, 2.45) is 0 Å². The number of anilines is 1. The number of aryl methyl sites for hydroxylation is 1. The summed E-state index contributed by atoms with van der Waals surface area (Å²) in [5, 5.41) is 2.88. The highest BCUT2D eigenvalue weighted by Gasteiger charge is 2.26. The molecule has 2 aliphatic rings. The number of benzene rings is 1. The lowest BCUT2D eigenvalue weighted by molar-refractivity contribution is -0.110. The fraction of sp³-hybridized carbons (Fsp3) is 0.333. The Morgan fingerprint density at radius 3 is 2.71 bits per heavy atom. The van der Waals surface area contributed by atoms with E-state index in [0.717, 1.165) is 22.5 Å². The number of ether oxygens (including phenoxy) is 2. The smallest absolute Gasteiger partial charge is 0.256 e. The van der Waals surface area contributed by atoms with Crippen molar-refractivity contribution in [2.75, 3.05) is 38.7 Å². The van der Waals surface area contributed by atoms with Crippen LogP contribution in [0.3, 0.4) is 0 Å². The van der Waals surface area contributed by atoms with E-state index in [-0.39, 0.29) is 11.8 Å². The molecule has 7 nitrogen and oxygen atoms in total. The fourth-order valence-corrected chi connectivity index (χ4v) is 3.43. The molecule has 0 saturated carbocycles. The van der Waals surface area contributed by atoms with Crippen LogP contribution in [0, 0.1) is 6.92 Å². The van der Waals surface area contributed by atoms with Crippen molar-refractivity contribution >= 4 is 29.2 Å². The van der Waals surface area contributed by atoms with Crippen LogP contribution in [0.1, 0.15) is 32.9 Å². The average Bonchev–Trinajstić information content (AvgIpc) is 3.19. The predicted octanol–water partition coefficient (Wildman–Crippen LogP) is 2.43. The third kappa shape index (κ3) is 3.58. The van der Waals surface area contributed by atoms with Gasteiger partial charge in [-0.2, -0.15) is 0 Å². The van der Waals surface area contributed by atoms with Crippen LogP contribution in [0.2, 0.25) is 0 Å². The molecular formula is C21H23N3O4. The number of H-pyrrole nitrogens is 1. The van der Waals surface area contributed by atoms with Crippen molar-refractivity contribution in [1.29, 1.82) is 0 Å². The second-order valence-electron chi connectivity index (χ2n) is 7.06. The van der Waals surface area contributed by atoms with Gasteiger partial charge in [-0.15, -0.1) is 0 Å². The van der Waals surface area contributed by atoms with E-state index in [1.165, 1.54) is 0 Å². The normalized spacial score (nSPS) is 19.8. The minimum absolute atomic E-state index is 0.115. The Morgan fingerprint density at radius 1 is 1.04 bits per heavy atom. The zero-order valence-corrected chi connectivity index (χ0v) is 16.0. The zero-order valence-electron chi connectivity index (χ0n) is 16.0. The highest BCUT2D eigenvalue weighted by atomic mass is 16.5. The topological polar surface area (TPSA) is 83.7 Å². The number of carbonyl (C=O) groups is 2. The average molecular weight is 381 g/mol. The number of hydrogen-bond acceptors (Lipinski definition) is 4. The lowest BCUT2D eigenvalue weighted by atomic mass is 10.0. The third-order valence-electron chi connectivity index (χ3n) is 4.93. The monoisotopic (exact) mass is 381 g/mol. The van der Waals surface area contributed by atoms with Gasteiger partial charge >= 0.3 is 0 Å². The number of aromatic amines is 1. The van der Waals surface area contributed by atoms with Gasteiger partial charge in [0.05, 0.1) is 43.3 Å². The third-order valence-corrected chi connectivity index (χ3v) is 4.93. The molecular weight excluding hydrogens is 358 g/mol. The molecule has 1 aromatic heterocycles. The fourth-order valence-electron chi connectivity index (χ4n) is 3.43. The van der Waals surface area contributed by atoms with Crippen molar-refractivity contribution in [3.05, 3.63) is 52.3 Å². The number of fused-ring (bicyclic) bond motifs is 2. The van der Waals surface area contributed by atoms with Crippen LogP contribution < -0.4 is 5.32 Å². The lowest BCUT2D eigenvalue weighted by Crippen LogP contribution is -2.30. The second kappa shape index (κ2) is 7.61.